The smallest absolute Gasteiger partial charge is 0.289 e. The van der Waals surface area contributed by atoms with Crippen LogP contribution in [0.25, 0.3) is 0 Å². The number of hydroxylamine groups is 2. The van der Waals surface area contributed by atoms with Gasteiger partial charge in [0, 0.05) is 17.1 Å². The molecule has 1 aliphatic carbocycles. The molecular weight excluding hydrogens is 334 g/mol. The van der Waals surface area contributed by atoms with Crippen LogP contribution in [0.5, 0.6) is 5.75 Å². The maximum Gasteiger partial charge on any atom is 0.289 e. The Bertz CT molecular complexity index is 512. The van der Waals surface area contributed by atoms with E-state index in [4.69, 9.17) is 9.57 Å². The van der Waals surface area contributed by atoms with Gasteiger partial charge in [0.05, 0.1) is 7.11 Å². The second-order valence-corrected chi connectivity index (χ2v) is 6.36. The quantitative estimate of drug-likeness (QED) is 0.769. The summed E-state index contributed by atoms with van der Waals surface area (Å²) in [5.41, 5.74) is 0.199. The van der Waals surface area contributed by atoms with Gasteiger partial charge in [-0.15, -0.1) is 0 Å². The van der Waals surface area contributed by atoms with Crippen molar-refractivity contribution in [3.8, 4) is 5.75 Å². The Labute approximate surface area is 134 Å². The molecule has 0 heterocycles. The largest absolute Gasteiger partial charge is 0.477 e. The number of carbonyl (C=O) groups is 1. The molecule has 1 aromatic rings. The third-order valence-corrected chi connectivity index (χ3v) is 4.99. The van der Waals surface area contributed by atoms with Crippen LogP contribution >= 0.6 is 15.9 Å². The molecule has 5 heteroatoms. The number of ether oxygens (including phenoxy) is 1. The minimum atomic E-state index is -0.811. The highest BCUT2D eigenvalue weighted by molar-refractivity contribution is 9.10. The van der Waals surface area contributed by atoms with E-state index in [1.807, 2.05) is 25.1 Å². The number of hydrogen-bond donors (Lipinski definition) is 0. The molecule has 0 N–H and O–H groups in total. The number of rotatable bonds is 4. The Balaban J connectivity index is 2.32. The molecule has 4 nitrogen and oxygen atoms in total. The van der Waals surface area contributed by atoms with Crippen molar-refractivity contribution in [3.63, 3.8) is 0 Å². The summed E-state index contributed by atoms with van der Waals surface area (Å²) in [4.78, 5) is 17.8. The van der Waals surface area contributed by atoms with Gasteiger partial charge in [0.15, 0.2) is 5.60 Å². The van der Waals surface area contributed by atoms with Crippen molar-refractivity contribution in [1.29, 1.82) is 0 Å². The van der Waals surface area contributed by atoms with Crippen molar-refractivity contribution in [1.82, 2.24) is 5.06 Å². The summed E-state index contributed by atoms with van der Waals surface area (Å²) in [6.07, 6.45) is 4.59. The molecule has 0 aliphatic heterocycles. The van der Waals surface area contributed by atoms with Crippen LogP contribution in [-0.2, 0) is 9.63 Å². The van der Waals surface area contributed by atoms with E-state index in [-0.39, 0.29) is 5.91 Å². The first kappa shape index (κ1) is 16.3. The molecule has 1 aliphatic rings. The summed E-state index contributed by atoms with van der Waals surface area (Å²) in [7, 11) is 3.13. The third-order valence-electron chi connectivity index (χ3n) is 4.13. The Morgan fingerprint density at radius 2 is 1.95 bits per heavy atom. The number of nitrogens with zero attached hydrogens (tertiary/aromatic N) is 1. The van der Waals surface area contributed by atoms with Crippen LogP contribution in [-0.4, -0.2) is 30.7 Å². The van der Waals surface area contributed by atoms with E-state index >= 15 is 0 Å². The zero-order valence-electron chi connectivity index (χ0n) is 12.8. The van der Waals surface area contributed by atoms with Crippen LogP contribution in [0.2, 0.25) is 0 Å². The van der Waals surface area contributed by atoms with Crippen molar-refractivity contribution >= 4 is 21.8 Å². The standard InChI is InChI=1S/C16H22BrNO3/c1-12-13(17)8-7-9-14(12)21-16(10-5-4-6-11-16)15(19)18(2)20-3/h7-9H,4-6,10-11H2,1-3H3. The number of benzene rings is 1. The Morgan fingerprint density at radius 3 is 2.57 bits per heavy atom. The molecule has 21 heavy (non-hydrogen) atoms. The van der Waals surface area contributed by atoms with Gasteiger partial charge in [-0.25, -0.2) is 5.06 Å². The monoisotopic (exact) mass is 355 g/mol. The zero-order chi connectivity index (χ0) is 15.5. The minimum absolute atomic E-state index is 0.107. The Kier molecular flexibility index (Phi) is 5.27. The van der Waals surface area contributed by atoms with Gasteiger partial charge in [0.1, 0.15) is 5.75 Å². The predicted molar refractivity (Wildman–Crippen MR) is 85.1 cm³/mol. The van der Waals surface area contributed by atoms with Crippen molar-refractivity contribution < 1.29 is 14.4 Å². The van der Waals surface area contributed by atoms with Gasteiger partial charge in [-0.3, -0.25) is 9.63 Å². The van der Waals surface area contributed by atoms with Crippen LogP contribution in [0.15, 0.2) is 22.7 Å². The predicted octanol–water partition coefficient (Wildman–Crippen LogP) is 3.86. The summed E-state index contributed by atoms with van der Waals surface area (Å²) >= 11 is 3.51. The van der Waals surface area contributed by atoms with Gasteiger partial charge in [-0.1, -0.05) is 28.4 Å². The molecule has 0 spiro atoms. The minimum Gasteiger partial charge on any atom is -0.477 e. The Morgan fingerprint density at radius 1 is 1.29 bits per heavy atom. The number of halogens is 1. The summed E-state index contributed by atoms with van der Waals surface area (Å²) in [6.45, 7) is 1.99. The SMILES string of the molecule is CON(C)C(=O)C1(Oc2cccc(Br)c2C)CCCCC1. The number of hydrogen-bond acceptors (Lipinski definition) is 3. The van der Waals surface area contributed by atoms with Gasteiger partial charge in [-0.2, -0.15) is 0 Å². The zero-order valence-corrected chi connectivity index (χ0v) is 14.4. The van der Waals surface area contributed by atoms with Crippen LogP contribution < -0.4 is 4.74 Å². The lowest BCUT2D eigenvalue weighted by molar-refractivity contribution is -0.188. The highest BCUT2D eigenvalue weighted by atomic mass is 79.9. The molecule has 0 saturated heterocycles. The highest BCUT2D eigenvalue weighted by Gasteiger charge is 2.44. The summed E-state index contributed by atoms with van der Waals surface area (Å²) in [6, 6.07) is 5.81. The molecule has 0 atom stereocenters. The molecule has 1 aromatic carbocycles. The third kappa shape index (κ3) is 3.40. The second-order valence-electron chi connectivity index (χ2n) is 5.51. The van der Waals surface area contributed by atoms with Gasteiger partial charge in [0.2, 0.25) is 0 Å². The van der Waals surface area contributed by atoms with Gasteiger partial charge < -0.3 is 4.74 Å². The number of amides is 1. The molecule has 2 rings (SSSR count). The van der Waals surface area contributed by atoms with Crippen LogP contribution in [0, 0.1) is 6.92 Å². The molecule has 1 saturated carbocycles. The molecule has 0 radical (unpaired) electrons. The first-order valence-corrected chi connectivity index (χ1v) is 8.06. The van der Waals surface area contributed by atoms with E-state index in [1.54, 1.807) is 7.05 Å². The van der Waals surface area contributed by atoms with Gasteiger partial charge >= 0.3 is 0 Å². The van der Waals surface area contributed by atoms with Crippen LogP contribution in [0.3, 0.4) is 0 Å². The number of likely N-dealkylation sites (N-methyl/N-ethyl adjacent to an activating group) is 1. The van der Waals surface area contributed by atoms with E-state index in [0.29, 0.717) is 0 Å². The maximum absolute atomic E-state index is 12.7. The molecular formula is C16H22BrNO3. The molecule has 0 bridgehead atoms. The van der Waals surface area contributed by atoms with E-state index in [9.17, 15) is 4.79 Å². The summed E-state index contributed by atoms with van der Waals surface area (Å²) in [5.74, 6) is 0.646. The van der Waals surface area contributed by atoms with E-state index in [1.165, 1.54) is 12.2 Å². The number of carbonyl (C=O) groups excluding carboxylic acids is 1. The first-order valence-electron chi connectivity index (χ1n) is 7.26. The van der Waals surface area contributed by atoms with Gasteiger partial charge in [-0.05, 0) is 44.7 Å². The fraction of sp³-hybridized carbons (Fsp3) is 0.562. The molecule has 116 valence electrons. The van der Waals surface area contributed by atoms with Crippen molar-refractivity contribution in [2.24, 2.45) is 0 Å². The highest BCUT2D eigenvalue weighted by Crippen LogP contribution is 2.37. The second kappa shape index (κ2) is 6.79. The summed E-state index contributed by atoms with van der Waals surface area (Å²) < 4.78 is 7.22. The van der Waals surface area contributed by atoms with Crippen LogP contribution in [0.4, 0.5) is 0 Å². The Hall–Kier alpha value is -1.07. The van der Waals surface area contributed by atoms with E-state index in [0.717, 1.165) is 47.9 Å². The average molecular weight is 356 g/mol. The molecule has 0 aromatic heterocycles. The lowest BCUT2D eigenvalue weighted by Gasteiger charge is -2.38. The van der Waals surface area contributed by atoms with E-state index < -0.39 is 5.60 Å². The van der Waals surface area contributed by atoms with Crippen molar-refractivity contribution in [2.45, 2.75) is 44.6 Å². The lowest BCUT2D eigenvalue weighted by atomic mass is 9.83. The molecule has 1 fully saturated rings. The average Bonchev–Trinajstić information content (AvgIpc) is 2.51. The fourth-order valence-corrected chi connectivity index (χ4v) is 3.11. The van der Waals surface area contributed by atoms with Gasteiger partial charge in [0.25, 0.3) is 5.91 Å². The van der Waals surface area contributed by atoms with Crippen molar-refractivity contribution in [3.05, 3.63) is 28.2 Å². The van der Waals surface area contributed by atoms with E-state index in [2.05, 4.69) is 15.9 Å². The first-order chi connectivity index (χ1) is 10.00. The fourth-order valence-electron chi connectivity index (χ4n) is 2.76. The molecule has 0 unspecified atom stereocenters. The topological polar surface area (TPSA) is 38.8 Å². The summed E-state index contributed by atoms with van der Waals surface area (Å²) in [5, 5.41) is 1.28. The normalized spacial score (nSPS) is 17.3. The van der Waals surface area contributed by atoms with Crippen molar-refractivity contribution in [2.75, 3.05) is 14.2 Å². The molecule has 1 amide bonds. The maximum atomic E-state index is 12.7. The lowest BCUT2D eigenvalue weighted by Crippen LogP contribution is -2.52. The van der Waals surface area contributed by atoms with Crippen LogP contribution in [0.1, 0.15) is 37.7 Å².